The number of carbonyl (C=O) groups excluding carboxylic acids is 2. The van der Waals surface area contributed by atoms with Gasteiger partial charge in [0.25, 0.3) is 17.6 Å². The molecule has 0 spiro atoms. The molecule has 12 heteroatoms. The van der Waals surface area contributed by atoms with Crippen LogP contribution >= 0.6 is 0 Å². The van der Waals surface area contributed by atoms with Crippen molar-refractivity contribution in [3.63, 3.8) is 0 Å². The number of aromatic nitrogens is 4. The van der Waals surface area contributed by atoms with Crippen molar-refractivity contribution >= 4 is 29.6 Å². The molecule has 2 aromatic heterocycles. The van der Waals surface area contributed by atoms with Crippen LogP contribution in [-0.4, -0.2) is 48.1 Å². The molecule has 0 radical (unpaired) electrons. The fourth-order valence-electron chi connectivity index (χ4n) is 2.84. The molecule has 0 unspecified atom stereocenters. The Balaban J connectivity index is 1.78. The molecule has 32 heavy (non-hydrogen) atoms. The summed E-state index contributed by atoms with van der Waals surface area (Å²) in [6.07, 6.45) is 0. The van der Waals surface area contributed by atoms with Gasteiger partial charge in [-0.1, -0.05) is 12.1 Å². The van der Waals surface area contributed by atoms with Crippen LogP contribution in [0.25, 0.3) is 5.78 Å². The minimum Gasteiger partial charge on any atom is -0.477 e. The smallest absolute Gasteiger partial charge is 0.354 e. The third-order valence-corrected chi connectivity index (χ3v) is 4.22. The van der Waals surface area contributed by atoms with Crippen LogP contribution in [-0.2, 0) is 11.3 Å². The molecule has 1 aromatic carbocycles. The van der Waals surface area contributed by atoms with E-state index in [1.807, 2.05) is 0 Å². The monoisotopic (exact) mass is 439 g/mol. The Morgan fingerprint density at radius 1 is 1.22 bits per heavy atom. The minimum absolute atomic E-state index is 0.115. The zero-order valence-electron chi connectivity index (χ0n) is 17.8. The summed E-state index contributed by atoms with van der Waals surface area (Å²) in [6, 6.07) is 6.12. The number of aromatic carboxylic acids is 1. The maximum atomic E-state index is 12.6. The highest BCUT2D eigenvalue weighted by atomic mass is 16.6. The molecule has 0 fully saturated rings. The summed E-state index contributed by atoms with van der Waals surface area (Å²) >= 11 is 0. The van der Waals surface area contributed by atoms with Crippen LogP contribution < -0.4 is 5.32 Å². The summed E-state index contributed by atoms with van der Waals surface area (Å²) in [7, 11) is 0. The summed E-state index contributed by atoms with van der Waals surface area (Å²) in [4.78, 5) is 44.2. The molecule has 2 heterocycles. The topological polar surface area (TPSA) is 172 Å². The van der Waals surface area contributed by atoms with Crippen LogP contribution in [0.2, 0.25) is 0 Å². The molecular formula is C20H21N7O5. The van der Waals surface area contributed by atoms with Crippen molar-refractivity contribution in [2.24, 2.45) is 5.11 Å². The van der Waals surface area contributed by atoms with Crippen LogP contribution in [0.4, 0.5) is 5.95 Å². The van der Waals surface area contributed by atoms with Gasteiger partial charge in [0.1, 0.15) is 11.3 Å². The standard InChI is InChI=1S/C20H21N7O5/c1-10-7-11(5-6-12(10)17(31)32-20(2,3)4)9-22-15(28)13-8-14(16(29)30)27-19(23-13)24-18(25-21)26-27/h5-8,21H,9H2,1-4H3,(H,22,28)(H,29,30). The molecule has 0 saturated heterocycles. The molecule has 3 aromatic rings. The number of rotatable bonds is 6. The number of fused-ring (bicyclic) bond motifs is 1. The van der Waals surface area contributed by atoms with Gasteiger partial charge in [0.15, 0.2) is 5.69 Å². The number of esters is 1. The maximum absolute atomic E-state index is 12.6. The first-order chi connectivity index (χ1) is 15.0. The van der Waals surface area contributed by atoms with Gasteiger partial charge in [-0.15, -0.1) is 10.2 Å². The van der Waals surface area contributed by atoms with E-state index in [4.69, 9.17) is 10.3 Å². The van der Waals surface area contributed by atoms with E-state index in [0.29, 0.717) is 11.1 Å². The number of benzene rings is 1. The van der Waals surface area contributed by atoms with Gasteiger partial charge in [-0.25, -0.2) is 20.1 Å². The Bertz CT molecular complexity index is 1240. The van der Waals surface area contributed by atoms with Crippen molar-refractivity contribution in [2.45, 2.75) is 39.8 Å². The second-order valence-corrected chi connectivity index (χ2v) is 7.90. The van der Waals surface area contributed by atoms with Gasteiger partial charge in [-0.05, 0) is 44.9 Å². The van der Waals surface area contributed by atoms with Crippen LogP contribution in [0.5, 0.6) is 0 Å². The maximum Gasteiger partial charge on any atom is 0.354 e. The Hall–Kier alpha value is -4.22. The van der Waals surface area contributed by atoms with Gasteiger partial charge in [0.2, 0.25) is 0 Å². The van der Waals surface area contributed by atoms with Crippen molar-refractivity contribution in [3.8, 4) is 0 Å². The van der Waals surface area contributed by atoms with Gasteiger partial charge in [0, 0.05) is 12.6 Å². The van der Waals surface area contributed by atoms with Crippen LogP contribution in [0, 0.1) is 12.5 Å². The van der Waals surface area contributed by atoms with E-state index in [1.54, 1.807) is 45.9 Å². The number of nitrogens with one attached hydrogen (secondary N) is 2. The Labute approximate surface area is 182 Å². The Morgan fingerprint density at radius 3 is 2.53 bits per heavy atom. The van der Waals surface area contributed by atoms with E-state index in [1.165, 1.54) is 0 Å². The summed E-state index contributed by atoms with van der Waals surface area (Å²) in [5.41, 5.74) is 7.66. The number of carboxylic acids is 1. The highest BCUT2D eigenvalue weighted by Crippen LogP contribution is 2.17. The number of aryl methyl sites for hydroxylation is 1. The van der Waals surface area contributed by atoms with E-state index in [9.17, 15) is 19.5 Å². The predicted octanol–water partition coefficient (Wildman–Crippen LogP) is 2.68. The van der Waals surface area contributed by atoms with E-state index < -0.39 is 23.4 Å². The fraction of sp³-hybridized carbons (Fsp3) is 0.300. The SMILES string of the molecule is Cc1cc(CNC(=O)c2cc(C(=O)O)n3nc(N=N)nc3n2)ccc1C(=O)OC(C)(C)C. The second kappa shape index (κ2) is 8.49. The first-order valence-corrected chi connectivity index (χ1v) is 9.48. The Kier molecular flexibility index (Phi) is 5.96. The second-order valence-electron chi connectivity index (χ2n) is 7.90. The quantitative estimate of drug-likeness (QED) is 0.388. The zero-order chi connectivity index (χ0) is 23.6. The third-order valence-electron chi connectivity index (χ3n) is 4.22. The average Bonchev–Trinajstić information content (AvgIpc) is 3.13. The predicted molar refractivity (Wildman–Crippen MR) is 110 cm³/mol. The third kappa shape index (κ3) is 4.91. The van der Waals surface area contributed by atoms with E-state index in [0.717, 1.165) is 16.1 Å². The van der Waals surface area contributed by atoms with Crippen molar-refractivity contribution in [2.75, 3.05) is 0 Å². The Morgan fingerprint density at radius 2 is 1.94 bits per heavy atom. The summed E-state index contributed by atoms with van der Waals surface area (Å²) in [5, 5.41) is 18.8. The van der Waals surface area contributed by atoms with Crippen LogP contribution in [0.15, 0.2) is 29.4 Å². The molecule has 1 amide bonds. The number of ether oxygens (including phenoxy) is 1. The first kappa shape index (κ1) is 22.5. The van der Waals surface area contributed by atoms with Gasteiger partial charge in [0.05, 0.1) is 5.56 Å². The number of carboxylic acid groups (broad SMARTS) is 1. The summed E-state index contributed by atoms with van der Waals surface area (Å²) < 4.78 is 6.27. The molecule has 3 N–H and O–H groups in total. The van der Waals surface area contributed by atoms with Crippen molar-refractivity contribution in [3.05, 3.63) is 52.3 Å². The van der Waals surface area contributed by atoms with Gasteiger partial charge < -0.3 is 15.2 Å². The highest BCUT2D eigenvalue weighted by Gasteiger charge is 2.21. The van der Waals surface area contributed by atoms with Crippen molar-refractivity contribution < 1.29 is 24.2 Å². The molecular weight excluding hydrogens is 418 g/mol. The normalized spacial score (nSPS) is 11.2. The zero-order valence-corrected chi connectivity index (χ0v) is 17.8. The number of hydrogen-bond acceptors (Lipinski definition) is 9. The summed E-state index contributed by atoms with van der Waals surface area (Å²) in [5.74, 6) is -2.86. The molecule has 0 aliphatic carbocycles. The van der Waals surface area contributed by atoms with Gasteiger partial charge >= 0.3 is 11.9 Å². The summed E-state index contributed by atoms with van der Waals surface area (Å²) in [6.45, 7) is 7.23. The van der Waals surface area contributed by atoms with Crippen LogP contribution in [0.3, 0.4) is 0 Å². The molecule has 0 atom stereocenters. The molecule has 0 aliphatic rings. The lowest BCUT2D eigenvalue weighted by molar-refractivity contribution is 0.00684. The van der Waals surface area contributed by atoms with Crippen molar-refractivity contribution in [1.82, 2.24) is 24.9 Å². The largest absolute Gasteiger partial charge is 0.477 e. The minimum atomic E-state index is -1.35. The number of hydrogen-bond donors (Lipinski definition) is 3. The average molecular weight is 439 g/mol. The lowest BCUT2D eigenvalue weighted by Gasteiger charge is -2.20. The fourth-order valence-corrected chi connectivity index (χ4v) is 2.84. The molecule has 0 saturated carbocycles. The lowest BCUT2D eigenvalue weighted by atomic mass is 10.0. The number of carbonyl (C=O) groups is 3. The van der Waals surface area contributed by atoms with E-state index in [2.05, 4.69) is 25.5 Å². The van der Waals surface area contributed by atoms with Crippen molar-refractivity contribution in [1.29, 1.82) is 5.53 Å². The lowest BCUT2D eigenvalue weighted by Crippen LogP contribution is -2.26. The number of amides is 1. The first-order valence-electron chi connectivity index (χ1n) is 9.48. The molecule has 0 bridgehead atoms. The molecule has 166 valence electrons. The van der Waals surface area contributed by atoms with Crippen LogP contribution in [0.1, 0.15) is 63.2 Å². The van der Waals surface area contributed by atoms with Gasteiger partial charge in [-0.3, -0.25) is 4.79 Å². The highest BCUT2D eigenvalue weighted by molar-refractivity contribution is 5.96. The molecule has 3 rings (SSSR count). The molecule has 12 nitrogen and oxygen atoms in total. The van der Waals surface area contributed by atoms with E-state index >= 15 is 0 Å². The molecule has 0 aliphatic heterocycles. The number of nitrogens with zero attached hydrogens (tertiary/aromatic N) is 5. The van der Waals surface area contributed by atoms with Gasteiger partial charge in [-0.2, -0.15) is 9.50 Å². The van der Waals surface area contributed by atoms with E-state index in [-0.39, 0.29) is 29.7 Å².